The molecule has 1 saturated heterocycles. The summed E-state index contributed by atoms with van der Waals surface area (Å²) in [6.45, 7) is 1.16. The van der Waals surface area contributed by atoms with E-state index in [0.717, 1.165) is 10.6 Å². The maximum absolute atomic E-state index is 13.5. The number of aliphatic hydroxyl groups is 1. The number of ketones is 1. The normalized spacial score (nSPS) is 18.3. The average Bonchev–Trinajstić information content (AvgIpc) is 3.46. The van der Waals surface area contributed by atoms with Crippen LogP contribution in [0.5, 0.6) is 11.5 Å². The first-order valence-electron chi connectivity index (χ1n) is 12.0. The lowest BCUT2D eigenvalue weighted by Gasteiger charge is -2.28. The van der Waals surface area contributed by atoms with Crippen molar-refractivity contribution in [3.05, 3.63) is 82.9 Å². The summed E-state index contributed by atoms with van der Waals surface area (Å²) in [4.78, 5) is 48.8. The molecule has 0 radical (unpaired) electrons. The third-order valence-corrected chi connectivity index (χ3v) is 6.93. The van der Waals surface area contributed by atoms with Crippen LogP contribution in [0.4, 0.5) is 11.6 Å². The van der Waals surface area contributed by atoms with Crippen LogP contribution in [0.2, 0.25) is 0 Å². The lowest BCUT2D eigenvalue weighted by molar-refractivity contribution is -0.132. The quantitative estimate of drug-likeness (QED) is 0.178. The van der Waals surface area contributed by atoms with Crippen LogP contribution < -0.4 is 14.5 Å². The second-order valence-corrected chi connectivity index (χ2v) is 9.31. The Morgan fingerprint density at radius 2 is 1.77 bits per heavy atom. The number of rotatable bonds is 4. The largest absolute Gasteiger partial charge is 0.508 e. The van der Waals surface area contributed by atoms with Crippen molar-refractivity contribution in [2.24, 2.45) is 0 Å². The zero-order valence-corrected chi connectivity index (χ0v) is 20.6. The van der Waals surface area contributed by atoms with Gasteiger partial charge in [0.15, 0.2) is 0 Å². The molecule has 196 valence electrons. The molecular formula is C28H22N4O7. The van der Waals surface area contributed by atoms with Gasteiger partial charge in [-0.05, 0) is 54.1 Å². The standard InChI is InChI=1S/C28H22N4O7/c1-31-10-11-39-21-9-5-15(13-20(21)31)24(34)22-23(14-2-6-17(33)7-3-14)32(26(36)25(22)35)28-29-18-8-4-16(27(37)38)12-19(18)30-28/h2-9,12-13,23,33-34H,10-11H2,1H3,(H,29,30)(H,37,38)/b24-22+. The number of likely N-dealkylation sites (N-methyl/N-ethyl adjacent to an activating group) is 1. The highest BCUT2D eigenvalue weighted by molar-refractivity contribution is 6.51. The van der Waals surface area contributed by atoms with E-state index in [9.17, 15) is 29.7 Å². The molecule has 1 unspecified atom stereocenters. The Morgan fingerprint density at radius 1 is 1.03 bits per heavy atom. The number of phenolic OH excluding ortho intramolecular Hbond substituents is 1. The summed E-state index contributed by atoms with van der Waals surface area (Å²) in [6, 6.07) is 14.1. The number of nitrogens with zero attached hydrogens (tertiary/aromatic N) is 3. The Hall–Kier alpha value is -5.32. The van der Waals surface area contributed by atoms with Crippen LogP contribution in [0.1, 0.15) is 27.5 Å². The van der Waals surface area contributed by atoms with Crippen molar-refractivity contribution in [3.63, 3.8) is 0 Å². The summed E-state index contributed by atoms with van der Waals surface area (Å²) < 4.78 is 5.68. The predicted molar refractivity (Wildman–Crippen MR) is 141 cm³/mol. The van der Waals surface area contributed by atoms with Crippen molar-refractivity contribution in [1.82, 2.24) is 9.97 Å². The van der Waals surface area contributed by atoms with Crippen molar-refractivity contribution in [2.75, 3.05) is 30.0 Å². The number of carboxylic acids is 1. The van der Waals surface area contributed by atoms with Gasteiger partial charge in [-0.1, -0.05) is 12.1 Å². The van der Waals surface area contributed by atoms with E-state index in [1.165, 1.54) is 30.3 Å². The summed E-state index contributed by atoms with van der Waals surface area (Å²) in [5, 5.41) is 30.6. The topological polar surface area (TPSA) is 156 Å². The molecule has 4 N–H and O–H groups in total. The van der Waals surface area contributed by atoms with Crippen LogP contribution in [-0.4, -0.2) is 63.1 Å². The Bertz CT molecular complexity index is 1710. The molecule has 1 atom stereocenters. The number of H-pyrrole nitrogens is 1. The summed E-state index contributed by atoms with van der Waals surface area (Å²) in [6.07, 6.45) is 0. The van der Waals surface area contributed by atoms with Crippen LogP contribution in [-0.2, 0) is 9.59 Å². The number of nitrogens with one attached hydrogen (secondary N) is 1. The molecule has 3 heterocycles. The maximum Gasteiger partial charge on any atom is 0.335 e. The van der Waals surface area contributed by atoms with E-state index in [0.29, 0.717) is 41.1 Å². The number of carbonyl (C=O) groups excluding carboxylic acids is 2. The number of benzene rings is 3. The summed E-state index contributed by atoms with van der Waals surface area (Å²) in [5.74, 6) is -2.72. The van der Waals surface area contributed by atoms with Crippen molar-refractivity contribution in [2.45, 2.75) is 6.04 Å². The number of fused-ring (bicyclic) bond motifs is 2. The number of imidazole rings is 1. The maximum atomic E-state index is 13.5. The van der Waals surface area contributed by atoms with Gasteiger partial charge in [0.05, 0.1) is 40.4 Å². The highest BCUT2D eigenvalue weighted by atomic mass is 16.5. The van der Waals surface area contributed by atoms with Crippen molar-refractivity contribution in [3.8, 4) is 11.5 Å². The number of ether oxygens (including phenoxy) is 1. The van der Waals surface area contributed by atoms with E-state index in [2.05, 4.69) is 9.97 Å². The van der Waals surface area contributed by atoms with E-state index >= 15 is 0 Å². The molecule has 39 heavy (non-hydrogen) atoms. The predicted octanol–water partition coefficient (Wildman–Crippen LogP) is 3.42. The SMILES string of the molecule is CN1CCOc2ccc(/C(O)=C3\C(=O)C(=O)N(c4nc5ccc(C(=O)O)cc5[nH]4)C3c3ccc(O)cc3)cc21. The molecule has 1 amide bonds. The number of phenols is 1. The number of Topliss-reactive ketones (excluding diaryl/α,β-unsaturated/α-hetero) is 1. The molecular weight excluding hydrogens is 504 g/mol. The first-order valence-corrected chi connectivity index (χ1v) is 12.0. The third-order valence-electron chi connectivity index (χ3n) is 6.93. The minimum Gasteiger partial charge on any atom is -0.508 e. The Balaban J connectivity index is 1.53. The van der Waals surface area contributed by atoms with Gasteiger partial charge >= 0.3 is 11.9 Å². The molecule has 2 aliphatic rings. The van der Waals surface area contributed by atoms with Gasteiger partial charge in [-0.15, -0.1) is 0 Å². The fourth-order valence-electron chi connectivity index (χ4n) is 4.92. The molecule has 3 aromatic carbocycles. The molecule has 1 aromatic heterocycles. The number of carbonyl (C=O) groups is 3. The molecule has 0 spiro atoms. The minimum absolute atomic E-state index is 0.00494. The molecule has 1 fully saturated rings. The van der Waals surface area contributed by atoms with E-state index < -0.39 is 23.7 Å². The fraction of sp³-hybridized carbons (Fsp3) is 0.143. The number of aliphatic hydroxyl groups excluding tert-OH is 1. The van der Waals surface area contributed by atoms with E-state index in [1.54, 1.807) is 30.3 Å². The highest BCUT2D eigenvalue weighted by Crippen LogP contribution is 2.43. The Labute approximate surface area is 221 Å². The number of carboxylic acid groups (broad SMARTS) is 1. The zero-order chi connectivity index (χ0) is 27.4. The summed E-state index contributed by atoms with van der Waals surface area (Å²) in [5.41, 5.74) is 2.11. The Kier molecular flexibility index (Phi) is 5.49. The molecule has 0 aliphatic carbocycles. The summed E-state index contributed by atoms with van der Waals surface area (Å²) in [7, 11) is 1.89. The fourth-order valence-corrected chi connectivity index (χ4v) is 4.92. The first kappa shape index (κ1) is 24.0. The van der Waals surface area contributed by atoms with Gasteiger partial charge in [0.25, 0.3) is 5.78 Å². The smallest absolute Gasteiger partial charge is 0.335 e. The number of hydrogen-bond donors (Lipinski definition) is 4. The van der Waals surface area contributed by atoms with Crippen LogP contribution >= 0.6 is 0 Å². The molecule has 6 rings (SSSR count). The van der Waals surface area contributed by atoms with Crippen LogP contribution in [0.15, 0.2) is 66.2 Å². The molecule has 0 bridgehead atoms. The molecule has 0 saturated carbocycles. The first-order chi connectivity index (χ1) is 18.7. The molecule has 4 aromatic rings. The number of hydrogen-bond acceptors (Lipinski definition) is 8. The number of aromatic nitrogens is 2. The van der Waals surface area contributed by atoms with Crippen LogP contribution in [0, 0.1) is 0 Å². The summed E-state index contributed by atoms with van der Waals surface area (Å²) >= 11 is 0. The lowest BCUT2D eigenvalue weighted by atomic mass is 9.95. The second-order valence-electron chi connectivity index (χ2n) is 9.31. The number of aromatic hydroxyl groups is 1. The van der Waals surface area contributed by atoms with Gasteiger partial charge < -0.3 is 29.9 Å². The van der Waals surface area contributed by atoms with Gasteiger partial charge in [-0.2, -0.15) is 0 Å². The van der Waals surface area contributed by atoms with Gasteiger partial charge in [0.2, 0.25) is 5.95 Å². The second kappa shape index (κ2) is 8.91. The number of anilines is 2. The van der Waals surface area contributed by atoms with E-state index in [4.69, 9.17) is 4.74 Å². The van der Waals surface area contributed by atoms with E-state index in [-0.39, 0.29) is 28.6 Å². The van der Waals surface area contributed by atoms with Gasteiger partial charge in [-0.3, -0.25) is 14.5 Å². The zero-order valence-electron chi connectivity index (χ0n) is 20.6. The van der Waals surface area contributed by atoms with Gasteiger partial charge in [0, 0.05) is 12.6 Å². The number of aromatic carboxylic acids is 1. The molecule has 11 nitrogen and oxygen atoms in total. The minimum atomic E-state index is -1.13. The monoisotopic (exact) mass is 526 g/mol. The van der Waals surface area contributed by atoms with Crippen molar-refractivity contribution < 1.29 is 34.4 Å². The number of aromatic amines is 1. The highest BCUT2D eigenvalue weighted by Gasteiger charge is 2.48. The molecule has 2 aliphatic heterocycles. The van der Waals surface area contributed by atoms with E-state index in [1.807, 2.05) is 11.9 Å². The molecule has 11 heteroatoms. The van der Waals surface area contributed by atoms with Crippen LogP contribution in [0.3, 0.4) is 0 Å². The average molecular weight is 527 g/mol. The third kappa shape index (κ3) is 3.91. The van der Waals surface area contributed by atoms with Crippen LogP contribution in [0.25, 0.3) is 16.8 Å². The van der Waals surface area contributed by atoms with Gasteiger partial charge in [-0.25, -0.2) is 9.78 Å². The lowest BCUT2D eigenvalue weighted by Crippen LogP contribution is -2.30. The van der Waals surface area contributed by atoms with Gasteiger partial charge in [0.1, 0.15) is 23.9 Å². The number of amides is 1. The Morgan fingerprint density at radius 3 is 2.51 bits per heavy atom. The van der Waals surface area contributed by atoms with Crippen molar-refractivity contribution in [1.29, 1.82) is 0 Å². The van der Waals surface area contributed by atoms with Crippen molar-refractivity contribution >= 4 is 46.1 Å².